The summed E-state index contributed by atoms with van der Waals surface area (Å²) in [5.74, 6) is 4.96. The zero-order valence-electron chi connectivity index (χ0n) is 42.0. The molecule has 7 N–H and O–H groups in total. The Kier molecular flexibility index (Phi) is 14.9. The van der Waals surface area contributed by atoms with Crippen LogP contribution in [0.25, 0.3) is 0 Å². The molecule has 8 unspecified atom stereocenters. The Labute approximate surface area is 387 Å². The normalized spacial score (nSPS) is 48.5. The standard InChI is InChI=1S/C28H48O4.C27H46O5/c1-15(2)16(3)25(31)26(32)17(4)20-7-8-21-19-14-24(30)23-13-18(29)9-11-28(23,6)22(19)10-12-27(20,21)5;1-14(2)10-23(30)25(32)15(3)17-6-7-18-16-11-21(28)20-12-22(29)24(31)13-27(20,5)19(16)8-9-26(17,18)4/h15-23,25-26,29,31-32H,7-14H2,1-6H3;14-20,22-25,29-32H,6-13H2,1-5H3/t16-,17-,18+,19?,20+,21?,22?,23?,25+,26+,27+,28+;15-,16?,17+,18?,19?,20?,22-,23+,24+,25+,26+,27+/m00/s1. The molecular formula is C55H94O9. The molecule has 0 saturated heterocycles. The van der Waals surface area contributed by atoms with Gasteiger partial charge in [-0.2, -0.15) is 0 Å². The van der Waals surface area contributed by atoms with Crippen LogP contribution in [0.3, 0.4) is 0 Å². The van der Waals surface area contributed by atoms with Gasteiger partial charge in [-0.3, -0.25) is 9.59 Å². The van der Waals surface area contributed by atoms with Gasteiger partial charge in [-0.25, -0.2) is 0 Å². The lowest BCUT2D eigenvalue weighted by Gasteiger charge is -2.61. The summed E-state index contributed by atoms with van der Waals surface area (Å²) in [6.07, 6.45) is 9.56. The number of fused-ring (bicyclic) bond motifs is 10. The van der Waals surface area contributed by atoms with Crippen LogP contribution in [0.2, 0.25) is 0 Å². The molecule has 0 spiro atoms. The molecule has 368 valence electrons. The number of carbonyl (C=O) groups is 2. The highest BCUT2D eigenvalue weighted by Gasteiger charge is 2.65. The van der Waals surface area contributed by atoms with Crippen molar-refractivity contribution in [3.05, 3.63) is 0 Å². The van der Waals surface area contributed by atoms with Gasteiger partial charge >= 0.3 is 0 Å². The molecule has 8 aliphatic carbocycles. The number of carbonyl (C=O) groups excluding carboxylic acids is 2. The molecule has 0 aromatic rings. The number of aliphatic hydroxyl groups excluding tert-OH is 7. The van der Waals surface area contributed by atoms with E-state index in [9.17, 15) is 45.3 Å². The van der Waals surface area contributed by atoms with E-state index in [1.165, 1.54) is 0 Å². The van der Waals surface area contributed by atoms with Crippen LogP contribution in [0, 0.1) is 110 Å². The third kappa shape index (κ3) is 8.60. The third-order valence-corrected chi connectivity index (χ3v) is 22.4. The second-order valence-corrected chi connectivity index (χ2v) is 26.2. The fourth-order valence-corrected chi connectivity index (χ4v) is 18.4. The maximum absolute atomic E-state index is 13.3. The lowest BCUT2D eigenvalue weighted by Crippen LogP contribution is -2.59. The zero-order valence-corrected chi connectivity index (χ0v) is 42.0. The van der Waals surface area contributed by atoms with Crippen molar-refractivity contribution >= 4 is 11.6 Å². The quantitative estimate of drug-likeness (QED) is 0.114. The van der Waals surface area contributed by atoms with Gasteiger partial charge < -0.3 is 35.7 Å². The van der Waals surface area contributed by atoms with E-state index in [-0.39, 0.29) is 63.1 Å². The molecule has 0 aromatic heterocycles. The number of Topliss-reactive ketones (excluding diaryl/α,β-unsaturated/α-hetero) is 2. The minimum Gasteiger partial charge on any atom is -0.393 e. The predicted molar refractivity (Wildman–Crippen MR) is 250 cm³/mol. The lowest BCUT2D eigenvalue weighted by molar-refractivity contribution is -0.174. The summed E-state index contributed by atoms with van der Waals surface area (Å²) in [6.45, 7) is 24.0. The molecule has 8 aliphatic rings. The van der Waals surface area contributed by atoms with Gasteiger partial charge in [0.05, 0.1) is 42.7 Å². The van der Waals surface area contributed by atoms with Gasteiger partial charge in [0.2, 0.25) is 0 Å². The minimum atomic E-state index is -0.780. The smallest absolute Gasteiger partial charge is 0.136 e. The number of aliphatic hydroxyl groups is 7. The van der Waals surface area contributed by atoms with Gasteiger partial charge in [0, 0.05) is 24.7 Å². The number of hydrogen-bond donors (Lipinski definition) is 7. The summed E-state index contributed by atoms with van der Waals surface area (Å²) in [7, 11) is 0. The lowest BCUT2D eigenvalue weighted by atomic mass is 9.44. The Morgan fingerprint density at radius 2 is 0.984 bits per heavy atom. The average molecular weight is 899 g/mol. The third-order valence-electron chi connectivity index (χ3n) is 22.4. The van der Waals surface area contributed by atoms with Crippen LogP contribution in [0.4, 0.5) is 0 Å². The molecule has 64 heavy (non-hydrogen) atoms. The number of ketones is 2. The molecule has 8 saturated carbocycles. The van der Waals surface area contributed by atoms with Crippen molar-refractivity contribution in [1.82, 2.24) is 0 Å². The first-order chi connectivity index (χ1) is 29.8. The molecule has 8 rings (SSSR count). The minimum absolute atomic E-state index is 0.0320. The van der Waals surface area contributed by atoms with E-state index in [2.05, 4.69) is 69.2 Å². The first-order valence-corrected chi connectivity index (χ1v) is 26.6. The van der Waals surface area contributed by atoms with E-state index < -0.39 is 36.6 Å². The van der Waals surface area contributed by atoms with Crippen LogP contribution in [-0.2, 0) is 9.59 Å². The van der Waals surface area contributed by atoms with E-state index in [0.29, 0.717) is 103 Å². The van der Waals surface area contributed by atoms with Crippen molar-refractivity contribution in [1.29, 1.82) is 0 Å². The van der Waals surface area contributed by atoms with Crippen molar-refractivity contribution in [2.75, 3.05) is 0 Å². The molecule has 0 radical (unpaired) electrons. The molecular weight excluding hydrogens is 805 g/mol. The van der Waals surface area contributed by atoms with Gasteiger partial charge in [0.15, 0.2) is 0 Å². The largest absolute Gasteiger partial charge is 0.393 e. The Bertz CT molecular complexity index is 1650. The second-order valence-electron chi connectivity index (χ2n) is 26.2. The fraction of sp³-hybridized carbons (Fsp3) is 0.964. The van der Waals surface area contributed by atoms with E-state index in [4.69, 9.17) is 0 Å². The Morgan fingerprint density at radius 3 is 1.48 bits per heavy atom. The number of rotatable bonds is 10. The summed E-state index contributed by atoms with van der Waals surface area (Å²) < 4.78 is 0. The molecule has 0 aromatic carbocycles. The van der Waals surface area contributed by atoms with Gasteiger partial charge in [-0.1, -0.05) is 76.2 Å². The van der Waals surface area contributed by atoms with Crippen LogP contribution < -0.4 is 0 Å². The summed E-state index contributed by atoms with van der Waals surface area (Å²) in [6, 6.07) is 0. The van der Waals surface area contributed by atoms with Gasteiger partial charge in [-0.15, -0.1) is 0 Å². The van der Waals surface area contributed by atoms with Crippen molar-refractivity contribution < 1.29 is 45.3 Å². The summed E-state index contributed by atoms with van der Waals surface area (Å²) in [5, 5.41) is 74.5. The zero-order chi connectivity index (χ0) is 47.2. The van der Waals surface area contributed by atoms with Gasteiger partial charge in [0.1, 0.15) is 11.6 Å². The molecule has 0 amide bonds. The first kappa shape index (κ1) is 50.9. The molecule has 8 fully saturated rings. The van der Waals surface area contributed by atoms with Crippen molar-refractivity contribution in [3.8, 4) is 0 Å². The van der Waals surface area contributed by atoms with E-state index in [1.54, 1.807) is 0 Å². The van der Waals surface area contributed by atoms with Gasteiger partial charge in [0.25, 0.3) is 0 Å². The highest BCUT2D eigenvalue weighted by atomic mass is 16.3. The molecule has 9 nitrogen and oxygen atoms in total. The highest BCUT2D eigenvalue weighted by Crippen LogP contribution is 2.70. The summed E-state index contributed by atoms with van der Waals surface area (Å²) in [5.41, 5.74) is 0.0404. The fourth-order valence-electron chi connectivity index (χ4n) is 18.4. The summed E-state index contributed by atoms with van der Waals surface area (Å²) >= 11 is 0. The molecule has 0 heterocycles. The van der Waals surface area contributed by atoms with Crippen molar-refractivity contribution in [2.24, 2.45) is 110 Å². The van der Waals surface area contributed by atoms with Gasteiger partial charge in [-0.05, 0) is 188 Å². The maximum Gasteiger partial charge on any atom is 0.136 e. The highest BCUT2D eigenvalue weighted by molar-refractivity contribution is 5.84. The predicted octanol–water partition coefficient (Wildman–Crippen LogP) is 8.40. The topological polar surface area (TPSA) is 176 Å². The Morgan fingerprint density at radius 1 is 0.531 bits per heavy atom. The van der Waals surface area contributed by atoms with Crippen LogP contribution in [0.5, 0.6) is 0 Å². The van der Waals surface area contributed by atoms with Crippen LogP contribution in [-0.4, -0.2) is 90.0 Å². The molecule has 0 aliphatic heterocycles. The number of hydrogen-bond acceptors (Lipinski definition) is 9. The van der Waals surface area contributed by atoms with Crippen LogP contribution in [0.1, 0.15) is 179 Å². The second kappa shape index (κ2) is 18.8. The van der Waals surface area contributed by atoms with Crippen LogP contribution in [0.15, 0.2) is 0 Å². The maximum atomic E-state index is 13.3. The Hall–Kier alpha value is -0.940. The molecule has 0 bridgehead atoms. The Balaban J connectivity index is 0.000000191. The van der Waals surface area contributed by atoms with E-state index in [0.717, 1.165) is 64.2 Å². The van der Waals surface area contributed by atoms with E-state index >= 15 is 0 Å². The van der Waals surface area contributed by atoms with E-state index in [1.807, 2.05) is 6.92 Å². The molecule has 24 atom stereocenters. The van der Waals surface area contributed by atoms with Crippen LogP contribution >= 0.6 is 0 Å². The van der Waals surface area contributed by atoms with Crippen molar-refractivity contribution in [2.45, 2.75) is 222 Å². The monoisotopic (exact) mass is 899 g/mol. The van der Waals surface area contributed by atoms with Crippen molar-refractivity contribution in [3.63, 3.8) is 0 Å². The first-order valence-electron chi connectivity index (χ1n) is 26.6. The SMILES string of the molecule is CC(C)C[C@@H](O)[C@H](O)[C@@H](C)[C@H]1CCC2C3CC(=O)C4C[C@H](O)[C@H](O)C[C@]4(C)C3CC[C@@]21C.CC(C)[C@H](C)[C@@H](O)[C@H](O)[C@@H](C)[C@H]1CCC2C3CC(=O)C4C[C@H](O)CC[C@]4(C)C3CC[C@@]21C. The molecule has 9 heteroatoms. The summed E-state index contributed by atoms with van der Waals surface area (Å²) in [4.78, 5) is 26.6. The average Bonchev–Trinajstić information content (AvgIpc) is 3.77.